The third-order valence-electron chi connectivity index (χ3n) is 3.36. The summed E-state index contributed by atoms with van der Waals surface area (Å²) in [6, 6.07) is 11.7. The van der Waals surface area contributed by atoms with Crippen LogP contribution in [0.3, 0.4) is 0 Å². The number of aliphatic hydroxyl groups is 1. The fraction of sp³-hybridized carbons (Fsp3) is 0.188. The van der Waals surface area contributed by atoms with Crippen LogP contribution in [-0.2, 0) is 6.61 Å². The van der Waals surface area contributed by atoms with Gasteiger partial charge in [-0.3, -0.25) is 0 Å². The molecule has 102 valence electrons. The summed E-state index contributed by atoms with van der Waals surface area (Å²) in [6.07, 6.45) is 1.98. The van der Waals surface area contributed by atoms with Gasteiger partial charge in [0.1, 0.15) is 11.4 Å². The van der Waals surface area contributed by atoms with Crippen molar-refractivity contribution in [1.29, 1.82) is 0 Å². The summed E-state index contributed by atoms with van der Waals surface area (Å²) < 4.78 is 7.18. The Balaban J connectivity index is 2.24. The van der Waals surface area contributed by atoms with Crippen molar-refractivity contribution in [2.75, 3.05) is 7.11 Å². The molecule has 1 N–H and O–H groups in total. The van der Waals surface area contributed by atoms with E-state index in [4.69, 9.17) is 4.74 Å². The van der Waals surface area contributed by atoms with Gasteiger partial charge in [0.15, 0.2) is 0 Å². The molecule has 0 saturated heterocycles. The maximum Gasteiger partial charge on any atom is 0.137 e. The number of ether oxygens (including phenoxy) is 1. The quantitative estimate of drug-likeness (QED) is 0.794. The fourth-order valence-electron chi connectivity index (χ4n) is 2.35. The molecule has 2 aromatic heterocycles. The predicted octanol–water partition coefficient (Wildman–Crippen LogP) is 2.81. The van der Waals surface area contributed by atoms with Crippen molar-refractivity contribution in [3.05, 3.63) is 53.9 Å². The van der Waals surface area contributed by atoms with Crippen molar-refractivity contribution in [3.8, 4) is 17.0 Å². The van der Waals surface area contributed by atoms with E-state index in [9.17, 15) is 5.11 Å². The number of fused-ring (bicyclic) bond motifs is 1. The van der Waals surface area contributed by atoms with Gasteiger partial charge >= 0.3 is 0 Å². The number of aryl methyl sites for hydroxylation is 1. The summed E-state index contributed by atoms with van der Waals surface area (Å²) in [5, 5.41) is 9.69. The Morgan fingerprint density at radius 2 is 2.10 bits per heavy atom. The second kappa shape index (κ2) is 4.98. The van der Waals surface area contributed by atoms with Gasteiger partial charge in [0.25, 0.3) is 0 Å². The normalized spacial score (nSPS) is 10.9. The molecule has 1 aromatic carbocycles. The van der Waals surface area contributed by atoms with E-state index in [0.29, 0.717) is 0 Å². The van der Waals surface area contributed by atoms with Crippen molar-refractivity contribution in [2.24, 2.45) is 0 Å². The maximum absolute atomic E-state index is 9.69. The molecule has 0 amide bonds. The second-order valence-electron chi connectivity index (χ2n) is 4.73. The topological polar surface area (TPSA) is 46.8 Å². The van der Waals surface area contributed by atoms with Crippen LogP contribution in [-0.4, -0.2) is 21.6 Å². The summed E-state index contributed by atoms with van der Waals surface area (Å²) in [6.45, 7) is 1.96. The second-order valence-corrected chi connectivity index (χ2v) is 4.73. The Labute approximate surface area is 117 Å². The summed E-state index contributed by atoms with van der Waals surface area (Å²) >= 11 is 0. The molecule has 0 spiro atoms. The number of aliphatic hydroxyl groups excluding tert-OH is 1. The first-order valence-corrected chi connectivity index (χ1v) is 6.46. The van der Waals surface area contributed by atoms with Crippen LogP contribution in [0.5, 0.6) is 5.75 Å². The lowest BCUT2D eigenvalue weighted by molar-refractivity contribution is 0.276. The molecule has 0 aliphatic carbocycles. The minimum Gasteiger partial charge on any atom is -0.497 e. The monoisotopic (exact) mass is 268 g/mol. The van der Waals surface area contributed by atoms with E-state index < -0.39 is 0 Å². The highest BCUT2D eigenvalue weighted by Gasteiger charge is 2.13. The zero-order valence-corrected chi connectivity index (χ0v) is 11.5. The lowest BCUT2D eigenvalue weighted by Crippen LogP contribution is -1.95. The summed E-state index contributed by atoms with van der Waals surface area (Å²) in [5.41, 5.74) is 4.47. The molecule has 0 fully saturated rings. The van der Waals surface area contributed by atoms with Gasteiger partial charge in [-0.2, -0.15) is 0 Å². The van der Waals surface area contributed by atoms with E-state index in [-0.39, 0.29) is 6.61 Å². The molecule has 0 saturated carbocycles. The lowest BCUT2D eigenvalue weighted by Gasteiger charge is -2.04. The number of pyridine rings is 1. The van der Waals surface area contributed by atoms with E-state index in [1.165, 1.54) is 0 Å². The zero-order valence-electron chi connectivity index (χ0n) is 11.5. The minimum atomic E-state index is -0.0584. The van der Waals surface area contributed by atoms with E-state index >= 15 is 0 Å². The van der Waals surface area contributed by atoms with Crippen molar-refractivity contribution in [1.82, 2.24) is 9.38 Å². The summed E-state index contributed by atoms with van der Waals surface area (Å²) in [4.78, 5) is 4.62. The smallest absolute Gasteiger partial charge is 0.137 e. The maximum atomic E-state index is 9.69. The molecule has 0 aliphatic rings. The van der Waals surface area contributed by atoms with Crippen LogP contribution in [0.25, 0.3) is 16.9 Å². The van der Waals surface area contributed by atoms with Crippen molar-refractivity contribution >= 4 is 5.65 Å². The number of nitrogens with zero attached hydrogens (tertiary/aromatic N) is 2. The highest BCUT2D eigenvalue weighted by molar-refractivity contribution is 5.68. The van der Waals surface area contributed by atoms with Crippen LogP contribution in [0.2, 0.25) is 0 Å². The molecule has 20 heavy (non-hydrogen) atoms. The standard InChI is InChI=1S/C16H16N2O2/c1-11-6-7-15-17-16(14(10-19)18(15)9-11)12-4-3-5-13(8-12)20-2/h3-9,19H,10H2,1-2H3. The minimum absolute atomic E-state index is 0.0584. The molecule has 3 rings (SSSR count). The fourth-order valence-corrected chi connectivity index (χ4v) is 2.35. The predicted molar refractivity (Wildman–Crippen MR) is 77.8 cm³/mol. The van der Waals surface area contributed by atoms with E-state index in [1.54, 1.807) is 7.11 Å². The molecule has 0 bridgehead atoms. The summed E-state index contributed by atoms with van der Waals surface area (Å²) in [5.74, 6) is 0.777. The number of aromatic nitrogens is 2. The molecular weight excluding hydrogens is 252 g/mol. The van der Waals surface area contributed by atoms with Crippen LogP contribution >= 0.6 is 0 Å². The third kappa shape index (κ3) is 2.04. The Kier molecular flexibility index (Phi) is 3.16. The lowest BCUT2D eigenvalue weighted by atomic mass is 10.1. The highest BCUT2D eigenvalue weighted by Crippen LogP contribution is 2.27. The first-order chi connectivity index (χ1) is 9.72. The molecule has 0 aliphatic heterocycles. The largest absolute Gasteiger partial charge is 0.497 e. The molecule has 2 heterocycles. The Hall–Kier alpha value is -2.33. The highest BCUT2D eigenvalue weighted by atomic mass is 16.5. The van der Waals surface area contributed by atoms with Crippen molar-refractivity contribution < 1.29 is 9.84 Å². The van der Waals surface area contributed by atoms with Gasteiger partial charge < -0.3 is 14.2 Å². The van der Waals surface area contributed by atoms with Crippen LogP contribution in [0.1, 0.15) is 11.3 Å². The number of hydrogen-bond donors (Lipinski definition) is 1. The average molecular weight is 268 g/mol. The van der Waals surface area contributed by atoms with Crippen LogP contribution in [0.4, 0.5) is 0 Å². The molecule has 4 nitrogen and oxygen atoms in total. The number of rotatable bonds is 3. The van der Waals surface area contributed by atoms with Crippen molar-refractivity contribution in [2.45, 2.75) is 13.5 Å². The third-order valence-corrected chi connectivity index (χ3v) is 3.36. The van der Waals surface area contributed by atoms with Gasteiger partial charge in [-0.25, -0.2) is 4.98 Å². The van der Waals surface area contributed by atoms with Gasteiger partial charge in [0, 0.05) is 11.8 Å². The van der Waals surface area contributed by atoms with Crippen LogP contribution < -0.4 is 4.74 Å². The molecule has 0 unspecified atom stereocenters. The van der Waals surface area contributed by atoms with Gasteiger partial charge in [0.05, 0.1) is 25.1 Å². The van der Waals surface area contributed by atoms with Gasteiger partial charge in [-0.15, -0.1) is 0 Å². The van der Waals surface area contributed by atoms with Crippen LogP contribution in [0, 0.1) is 6.92 Å². The molecule has 0 atom stereocenters. The Morgan fingerprint density at radius 1 is 1.25 bits per heavy atom. The van der Waals surface area contributed by atoms with E-state index in [1.807, 2.05) is 53.9 Å². The first-order valence-electron chi connectivity index (χ1n) is 6.46. The molecule has 0 radical (unpaired) electrons. The summed E-state index contributed by atoms with van der Waals surface area (Å²) in [7, 11) is 1.64. The van der Waals surface area contributed by atoms with Crippen molar-refractivity contribution in [3.63, 3.8) is 0 Å². The van der Waals surface area contributed by atoms with Gasteiger partial charge in [-0.05, 0) is 30.7 Å². The average Bonchev–Trinajstić information content (AvgIpc) is 2.85. The van der Waals surface area contributed by atoms with Gasteiger partial charge in [0.2, 0.25) is 0 Å². The van der Waals surface area contributed by atoms with Crippen LogP contribution in [0.15, 0.2) is 42.6 Å². The first kappa shape index (κ1) is 12.7. The molecule has 4 heteroatoms. The molecule has 3 aromatic rings. The number of imidazole rings is 1. The number of hydrogen-bond acceptors (Lipinski definition) is 3. The SMILES string of the molecule is COc1cccc(-c2nc3ccc(C)cn3c2CO)c1. The Morgan fingerprint density at radius 3 is 2.85 bits per heavy atom. The van der Waals surface area contributed by atoms with Gasteiger partial charge in [-0.1, -0.05) is 18.2 Å². The number of methoxy groups -OCH3 is 1. The van der Waals surface area contributed by atoms with E-state index in [2.05, 4.69) is 4.98 Å². The zero-order chi connectivity index (χ0) is 14.1. The Bertz CT molecular complexity index is 762. The number of benzene rings is 1. The molecular formula is C16H16N2O2. The van der Waals surface area contributed by atoms with E-state index in [0.717, 1.165) is 33.9 Å².